The van der Waals surface area contributed by atoms with Gasteiger partial charge in [0.25, 0.3) is 0 Å². The van der Waals surface area contributed by atoms with Crippen molar-refractivity contribution < 1.29 is 14.7 Å². The molecule has 0 aliphatic carbocycles. The van der Waals surface area contributed by atoms with Crippen LogP contribution < -0.4 is 4.90 Å². The second-order valence-corrected chi connectivity index (χ2v) is 8.85. The number of benzene rings is 1. The zero-order valence-corrected chi connectivity index (χ0v) is 19.1. The van der Waals surface area contributed by atoms with Crippen molar-refractivity contribution in [2.75, 3.05) is 50.7 Å². The molecular weight excluding hydrogens is 427 g/mol. The van der Waals surface area contributed by atoms with Gasteiger partial charge in [-0.15, -0.1) is 0 Å². The fourth-order valence-corrected chi connectivity index (χ4v) is 4.61. The van der Waals surface area contributed by atoms with Crippen LogP contribution in [0.4, 0.5) is 10.5 Å². The first-order chi connectivity index (χ1) is 14.3. The van der Waals surface area contributed by atoms with Crippen molar-refractivity contribution in [2.24, 2.45) is 0 Å². The molecule has 2 saturated heterocycles. The quantitative estimate of drug-likeness (QED) is 0.733. The second-order valence-electron chi connectivity index (χ2n) is 8.04. The summed E-state index contributed by atoms with van der Waals surface area (Å²) in [6.45, 7) is 8.21. The molecule has 166 valence electrons. The Morgan fingerprint density at radius 3 is 2.40 bits per heavy atom. The van der Waals surface area contributed by atoms with Gasteiger partial charge >= 0.3 is 6.09 Å². The smallest absolute Gasteiger partial charge is 0.408 e. The molecule has 1 aromatic carbocycles. The third kappa shape index (κ3) is 5.13. The summed E-state index contributed by atoms with van der Waals surface area (Å²) in [6.07, 6.45) is 1.08. The highest BCUT2D eigenvalue weighted by molar-refractivity contribution is 6.42. The van der Waals surface area contributed by atoms with Gasteiger partial charge in [0.05, 0.1) is 10.0 Å². The Morgan fingerprint density at radius 2 is 1.80 bits per heavy atom. The molecule has 1 N–H and O–H groups in total. The van der Waals surface area contributed by atoms with E-state index in [0.717, 1.165) is 18.5 Å². The Hall–Kier alpha value is -1.70. The number of amides is 2. The van der Waals surface area contributed by atoms with Crippen LogP contribution in [0.5, 0.6) is 0 Å². The molecule has 2 aliphatic heterocycles. The topological polar surface area (TPSA) is 67.3 Å². The minimum absolute atomic E-state index is 0.0976. The number of halogens is 2. The molecule has 2 amide bonds. The highest BCUT2D eigenvalue weighted by atomic mass is 35.5. The highest BCUT2D eigenvalue weighted by Crippen LogP contribution is 2.28. The average molecular weight is 457 g/mol. The van der Waals surface area contributed by atoms with Crippen molar-refractivity contribution in [1.29, 1.82) is 0 Å². The summed E-state index contributed by atoms with van der Waals surface area (Å²) in [5.41, 5.74) is 0.973. The molecule has 2 aliphatic rings. The van der Waals surface area contributed by atoms with Crippen LogP contribution >= 0.6 is 23.2 Å². The number of hydrogen-bond acceptors (Lipinski definition) is 4. The van der Waals surface area contributed by atoms with Gasteiger partial charge in [0.1, 0.15) is 6.04 Å². The summed E-state index contributed by atoms with van der Waals surface area (Å²) in [6, 6.07) is 5.23. The van der Waals surface area contributed by atoms with E-state index in [1.165, 1.54) is 4.90 Å². The van der Waals surface area contributed by atoms with Crippen LogP contribution in [0, 0.1) is 0 Å². The molecule has 1 unspecified atom stereocenters. The van der Waals surface area contributed by atoms with E-state index in [-0.39, 0.29) is 5.91 Å². The van der Waals surface area contributed by atoms with Crippen molar-refractivity contribution in [3.05, 3.63) is 28.2 Å². The van der Waals surface area contributed by atoms with Crippen LogP contribution in [-0.2, 0) is 4.79 Å². The maximum Gasteiger partial charge on any atom is 0.408 e. The monoisotopic (exact) mass is 456 g/mol. The van der Waals surface area contributed by atoms with Gasteiger partial charge in [-0.1, -0.05) is 36.5 Å². The van der Waals surface area contributed by atoms with Gasteiger partial charge in [-0.05, 0) is 31.5 Å². The summed E-state index contributed by atoms with van der Waals surface area (Å²) in [7, 11) is 0. The summed E-state index contributed by atoms with van der Waals surface area (Å²) >= 11 is 12.1. The van der Waals surface area contributed by atoms with Crippen molar-refractivity contribution >= 4 is 40.9 Å². The lowest BCUT2D eigenvalue weighted by molar-refractivity contribution is -0.139. The number of rotatable bonds is 5. The van der Waals surface area contributed by atoms with Gasteiger partial charge in [-0.2, -0.15) is 0 Å². The van der Waals surface area contributed by atoms with Crippen LogP contribution in [0.25, 0.3) is 0 Å². The number of carboxylic acid groups (broad SMARTS) is 1. The van der Waals surface area contributed by atoms with Crippen LogP contribution in [0.1, 0.15) is 26.7 Å². The number of carbonyl (C=O) groups is 2. The first-order valence-electron chi connectivity index (χ1n) is 10.5. The molecule has 0 bridgehead atoms. The molecular formula is C21H30Cl2N4O3. The largest absolute Gasteiger partial charge is 0.465 e. The molecule has 0 aromatic heterocycles. The lowest BCUT2D eigenvalue weighted by atomic mass is 10.1. The first-order valence-corrected chi connectivity index (χ1v) is 11.3. The summed E-state index contributed by atoms with van der Waals surface area (Å²) in [4.78, 5) is 32.5. The predicted molar refractivity (Wildman–Crippen MR) is 120 cm³/mol. The van der Waals surface area contributed by atoms with E-state index in [1.807, 2.05) is 12.1 Å². The molecule has 2 fully saturated rings. The van der Waals surface area contributed by atoms with Gasteiger partial charge in [0.2, 0.25) is 5.91 Å². The summed E-state index contributed by atoms with van der Waals surface area (Å²) in [5.74, 6) is -0.0976. The fourth-order valence-electron chi connectivity index (χ4n) is 4.32. The standard InChI is InChI=1S/C21H30Cl2N4O3/c1-3-4-15(2)26-11-12-27(21(29)30)19(14-26)20(28)25-9-7-24(8-10-25)16-5-6-17(22)18(23)13-16/h5-6,13,15,19H,3-4,7-12,14H2,1-2H3,(H,29,30)/t15?,19-/m1/s1. The lowest BCUT2D eigenvalue weighted by Gasteiger charge is -2.44. The van der Waals surface area contributed by atoms with Gasteiger partial charge in [0, 0.05) is 57.5 Å². The number of carbonyl (C=O) groups excluding carboxylic acids is 1. The minimum atomic E-state index is -1.02. The van der Waals surface area contributed by atoms with Gasteiger partial charge in [-0.25, -0.2) is 4.79 Å². The van der Waals surface area contributed by atoms with E-state index in [0.29, 0.717) is 61.9 Å². The maximum atomic E-state index is 13.3. The van der Waals surface area contributed by atoms with Crippen molar-refractivity contribution in [1.82, 2.24) is 14.7 Å². The predicted octanol–water partition coefficient (Wildman–Crippen LogP) is 3.49. The van der Waals surface area contributed by atoms with Crippen molar-refractivity contribution in [2.45, 2.75) is 38.8 Å². The Labute approximate surface area is 188 Å². The molecule has 7 nitrogen and oxygen atoms in total. The number of anilines is 1. The van der Waals surface area contributed by atoms with E-state index in [1.54, 1.807) is 11.0 Å². The molecule has 30 heavy (non-hydrogen) atoms. The Balaban J connectivity index is 1.65. The van der Waals surface area contributed by atoms with Crippen molar-refractivity contribution in [3.8, 4) is 0 Å². The van der Waals surface area contributed by atoms with Gasteiger partial charge < -0.3 is 14.9 Å². The van der Waals surface area contributed by atoms with Gasteiger partial charge in [-0.3, -0.25) is 14.6 Å². The molecule has 1 aromatic rings. The molecule has 0 saturated carbocycles. The zero-order chi connectivity index (χ0) is 21.8. The minimum Gasteiger partial charge on any atom is -0.465 e. The van der Waals surface area contributed by atoms with E-state index in [4.69, 9.17) is 23.2 Å². The molecule has 2 heterocycles. The number of nitrogens with zero attached hydrogens (tertiary/aromatic N) is 4. The molecule has 9 heteroatoms. The fraction of sp³-hybridized carbons (Fsp3) is 0.619. The number of piperazine rings is 2. The second kappa shape index (κ2) is 10.1. The third-order valence-electron chi connectivity index (χ3n) is 6.13. The molecule has 3 rings (SSSR count). The van der Waals surface area contributed by atoms with Crippen LogP contribution in [-0.4, -0.2) is 89.7 Å². The third-order valence-corrected chi connectivity index (χ3v) is 6.87. The van der Waals surface area contributed by atoms with Gasteiger partial charge in [0.15, 0.2) is 0 Å². The maximum absolute atomic E-state index is 13.3. The number of hydrogen-bond donors (Lipinski definition) is 1. The Morgan fingerprint density at radius 1 is 1.10 bits per heavy atom. The zero-order valence-electron chi connectivity index (χ0n) is 17.6. The summed E-state index contributed by atoms with van der Waals surface area (Å²) in [5, 5.41) is 10.7. The van der Waals surface area contributed by atoms with Crippen LogP contribution in [0.3, 0.4) is 0 Å². The van der Waals surface area contributed by atoms with E-state index in [2.05, 4.69) is 23.6 Å². The van der Waals surface area contributed by atoms with E-state index < -0.39 is 12.1 Å². The van der Waals surface area contributed by atoms with Crippen LogP contribution in [0.15, 0.2) is 18.2 Å². The first kappa shape index (κ1) is 23.0. The summed E-state index contributed by atoms with van der Waals surface area (Å²) < 4.78 is 0. The molecule has 0 radical (unpaired) electrons. The van der Waals surface area contributed by atoms with E-state index >= 15 is 0 Å². The SMILES string of the molecule is CCCC(C)N1CCN(C(=O)O)[C@@H](C(=O)N2CCN(c3ccc(Cl)c(Cl)c3)CC2)C1. The van der Waals surface area contributed by atoms with Crippen molar-refractivity contribution in [3.63, 3.8) is 0 Å². The van der Waals surface area contributed by atoms with E-state index in [9.17, 15) is 14.7 Å². The molecule has 0 spiro atoms. The average Bonchev–Trinajstić information content (AvgIpc) is 2.75. The lowest BCUT2D eigenvalue weighted by Crippen LogP contribution is -2.63. The normalized spacial score (nSPS) is 21.6. The molecule has 2 atom stereocenters. The van der Waals surface area contributed by atoms with Crippen LogP contribution in [0.2, 0.25) is 10.0 Å². The Kier molecular flexibility index (Phi) is 7.71. The Bertz CT molecular complexity index is 771. The highest BCUT2D eigenvalue weighted by Gasteiger charge is 2.39.